The second kappa shape index (κ2) is 4.45. The van der Waals surface area contributed by atoms with Gasteiger partial charge in [0.05, 0.1) is 0 Å². The molecule has 0 atom stereocenters. The Kier molecular flexibility index (Phi) is 4.24. The van der Waals surface area contributed by atoms with Gasteiger partial charge in [0.25, 0.3) is 0 Å². The number of hydrogen-bond acceptors (Lipinski definition) is 2. The minimum absolute atomic E-state index is 0.0268. The van der Waals surface area contributed by atoms with Gasteiger partial charge >= 0.3 is 0 Å². The number of carbonyl (C=O) groups excluding carboxylic acids is 1. The molecule has 0 radical (unpaired) electrons. The fourth-order valence-corrected chi connectivity index (χ4v) is 1.65. The van der Waals surface area contributed by atoms with Gasteiger partial charge in [0.1, 0.15) is 0 Å². The van der Waals surface area contributed by atoms with Crippen LogP contribution in [0.1, 0.15) is 40.5 Å². The summed E-state index contributed by atoms with van der Waals surface area (Å²) < 4.78 is 0. The van der Waals surface area contributed by atoms with E-state index in [9.17, 15) is 4.79 Å². The highest BCUT2D eigenvalue weighted by Gasteiger charge is 2.22. The fraction of sp³-hybridized carbons (Fsp3) is 0.889. The van der Waals surface area contributed by atoms with E-state index in [2.05, 4.69) is 13.8 Å². The van der Waals surface area contributed by atoms with Crippen LogP contribution in [0.25, 0.3) is 0 Å². The molecule has 2 N–H and O–H groups in total. The van der Waals surface area contributed by atoms with Crippen LogP contribution in [-0.2, 0) is 4.79 Å². The Balaban J connectivity index is 3.94. The molecule has 0 aromatic carbocycles. The van der Waals surface area contributed by atoms with Crippen LogP contribution >= 0.6 is 0 Å². The topological polar surface area (TPSA) is 49.3 Å². The Morgan fingerprint density at radius 1 is 1.50 bits per heavy atom. The normalized spacial score (nSPS) is 11.8. The van der Waals surface area contributed by atoms with Gasteiger partial charge in [-0.1, -0.05) is 27.7 Å². The van der Waals surface area contributed by atoms with E-state index < -0.39 is 0 Å². The van der Waals surface area contributed by atoms with Crippen LogP contribution in [0.15, 0.2) is 0 Å². The molecule has 0 spiro atoms. The van der Waals surface area contributed by atoms with Crippen LogP contribution in [0.4, 0.5) is 0 Å². The fourth-order valence-electron chi connectivity index (χ4n) is 1.65. The Morgan fingerprint density at radius 2 is 2.00 bits per heavy atom. The summed E-state index contributed by atoms with van der Waals surface area (Å²) in [5.41, 5.74) is 1.63. The summed E-state index contributed by atoms with van der Waals surface area (Å²) in [5.74, 6) is 0.271. The van der Waals surface area contributed by atoms with E-state index in [-0.39, 0.29) is 11.3 Å². The number of hydroxylamine groups is 1. The molecule has 0 saturated heterocycles. The van der Waals surface area contributed by atoms with Gasteiger partial charge in [-0.05, 0) is 17.8 Å². The molecule has 0 aliphatic rings. The highest BCUT2D eigenvalue weighted by Crippen LogP contribution is 2.28. The Bertz CT molecular complexity index is 153. The highest BCUT2D eigenvalue weighted by molar-refractivity contribution is 5.75. The molecule has 3 nitrogen and oxygen atoms in total. The lowest BCUT2D eigenvalue weighted by Crippen LogP contribution is -2.27. The van der Waals surface area contributed by atoms with Gasteiger partial charge in [-0.25, -0.2) is 5.48 Å². The Hall–Kier alpha value is -0.570. The molecule has 0 unspecified atom stereocenters. The van der Waals surface area contributed by atoms with Crippen molar-refractivity contribution in [2.75, 3.05) is 0 Å². The molecule has 0 bridgehead atoms. The molecule has 0 fully saturated rings. The van der Waals surface area contributed by atoms with Crippen molar-refractivity contribution >= 4 is 5.91 Å². The predicted molar refractivity (Wildman–Crippen MR) is 47.8 cm³/mol. The maximum Gasteiger partial charge on any atom is 0.243 e. The van der Waals surface area contributed by atoms with Gasteiger partial charge in [-0.3, -0.25) is 10.0 Å². The number of carbonyl (C=O) groups is 1. The van der Waals surface area contributed by atoms with Crippen molar-refractivity contribution in [3.63, 3.8) is 0 Å². The first-order valence-electron chi connectivity index (χ1n) is 4.30. The lowest BCUT2D eigenvalue weighted by molar-refractivity contribution is -0.131. The summed E-state index contributed by atoms with van der Waals surface area (Å²) in [6.45, 7) is 8.31. The van der Waals surface area contributed by atoms with Gasteiger partial charge < -0.3 is 0 Å². The number of rotatable bonds is 4. The van der Waals surface area contributed by atoms with Gasteiger partial charge in [0.15, 0.2) is 0 Å². The maximum atomic E-state index is 10.8. The molecular weight excluding hydrogens is 154 g/mol. The minimum atomic E-state index is -0.305. The standard InChI is InChI=1S/C9H19NO2/c1-7(2)5-9(3,4)6-8(11)10-12/h7,12H,5-6H2,1-4H3,(H,10,11). The van der Waals surface area contributed by atoms with Gasteiger partial charge in [0.2, 0.25) is 5.91 Å². The van der Waals surface area contributed by atoms with E-state index in [0.29, 0.717) is 12.3 Å². The van der Waals surface area contributed by atoms with E-state index in [1.807, 2.05) is 13.8 Å². The summed E-state index contributed by atoms with van der Waals surface area (Å²) in [4.78, 5) is 10.8. The SMILES string of the molecule is CC(C)CC(C)(C)CC(=O)NO. The molecule has 0 heterocycles. The molecule has 0 rings (SSSR count). The van der Waals surface area contributed by atoms with Gasteiger partial charge in [-0.15, -0.1) is 0 Å². The van der Waals surface area contributed by atoms with Crippen molar-refractivity contribution in [2.45, 2.75) is 40.5 Å². The number of nitrogens with one attached hydrogen (secondary N) is 1. The van der Waals surface area contributed by atoms with Crippen LogP contribution in [0.3, 0.4) is 0 Å². The third-order valence-corrected chi connectivity index (χ3v) is 1.72. The third-order valence-electron chi connectivity index (χ3n) is 1.72. The van der Waals surface area contributed by atoms with Crippen molar-refractivity contribution in [2.24, 2.45) is 11.3 Å². The van der Waals surface area contributed by atoms with E-state index in [1.165, 1.54) is 0 Å². The summed E-state index contributed by atoms with van der Waals surface area (Å²) in [7, 11) is 0. The zero-order valence-electron chi connectivity index (χ0n) is 8.35. The van der Waals surface area contributed by atoms with E-state index >= 15 is 0 Å². The Labute approximate surface area is 74.1 Å². The average Bonchev–Trinajstić information content (AvgIpc) is 1.83. The van der Waals surface area contributed by atoms with Crippen molar-refractivity contribution in [3.05, 3.63) is 0 Å². The summed E-state index contributed by atoms with van der Waals surface area (Å²) in [6, 6.07) is 0. The monoisotopic (exact) mass is 173 g/mol. The van der Waals surface area contributed by atoms with Crippen LogP contribution in [0, 0.1) is 11.3 Å². The maximum absolute atomic E-state index is 10.8. The largest absolute Gasteiger partial charge is 0.289 e. The van der Waals surface area contributed by atoms with E-state index in [4.69, 9.17) is 5.21 Å². The second-order valence-corrected chi connectivity index (χ2v) is 4.47. The molecule has 0 saturated carbocycles. The average molecular weight is 173 g/mol. The molecule has 0 aliphatic heterocycles. The molecular formula is C9H19NO2. The lowest BCUT2D eigenvalue weighted by Gasteiger charge is -2.25. The summed E-state index contributed by atoms with van der Waals surface area (Å²) in [5, 5.41) is 8.33. The van der Waals surface area contributed by atoms with Crippen LogP contribution in [0.5, 0.6) is 0 Å². The highest BCUT2D eigenvalue weighted by atomic mass is 16.5. The quantitative estimate of drug-likeness (QED) is 0.504. The first-order valence-corrected chi connectivity index (χ1v) is 4.30. The van der Waals surface area contributed by atoms with Crippen LogP contribution < -0.4 is 5.48 Å². The lowest BCUT2D eigenvalue weighted by atomic mass is 9.81. The van der Waals surface area contributed by atoms with Crippen molar-refractivity contribution in [1.82, 2.24) is 5.48 Å². The van der Waals surface area contributed by atoms with E-state index in [0.717, 1.165) is 6.42 Å². The molecule has 0 aliphatic carbocycles. The number of hydrogen-bond donors (Lipinski definition) is 2. The van der Waals surface area contributed by atoms with Crippen LogP contribution in [-0.4, -0.2) is 11.1 Å². The zero-order chi connectivity index (χ0) is 9.78. The first kappa shape index (κ1) is 11.4. The molecule has 1 amide bonds. The summed E-state index contributed by atoms with van der Waals surface area (Å²) in [6.07, 6.45) is 1.36. The molecule has 12 heavy (non-hydrogen) atoms. The first-order chi connectivity index (χ1) is 5.37. The van der Waals surface area contributed by atoms with Crippen LogP contribution in [0.2, 0.25) is 0 Å². The second-order valence-electron chi connectivity index (χ2n) is 4.47. The third kappa shape index (κ3) is 5.13. The van der Waals surface area contributed by atoms with Gasteiger partial charge in [-0.2, -0.15) is 0 Å². The van der Waals surface area contributed by atoms with E-state index in [1.54, 1.807) is 5.48 Å². The molecule has 72 valence electrons. The smallest absolute Gasteiger partial charge is 0.243 e. The van der Waals surface area contributed by atoms with Crippen molar-refractivity contribution in [3.8, 4) is 0 Å². The minimum Gasteiger partial charge on any atom is -0.289 e. The predicted octanol–water partition coefficient (Wildman–Crippen LogP) is 1.95. The summed E-state index contributed by atoms with van der Waals surface area (Å²) >= 11 is 0. The van der Waals surface area contributed by atoms with Crippen molar-refractivity contribution < 1.29 is 10.0 Å². The number of amides is 1. The Morgan fingerprint density at radius 3 is 2.33 bits per heavy atom. The molecule has 3 heteroatoms. The van der Waals surface area contributed by atoms with Crippen molar-refractivity contribution in [1.29, 1.82) is 0 Å². The molecule has 0 aromatic rings. The van der Waals surface area contributed by atoms with Gasteiger partial charge in [0, 0.05) is 6.42 Å². The molecule has 0 aromatic heterocycles. The zero-order valence-corrected chi connectivity index (χ0v) is 8.35.